The molecule has 4 nitrogen and oxygen atoms in total. The Morgan fingerprint density at radius 3 is 2.78 bits per heavy atom. The van der Waals surface area contributed by atoms with Crippen molar-refractivity contribution in [3.8, 4) is 0 Å². The first kappa shape index (κ1) is 13.0. The van der Waals surface area contributed by atoms with Crippen LogP contribution in [0.2, 0.25) is 0 Å². The molecule has 1 aromatic rings. The summed E-state index contributed by atoms with van der Waals surface area (Å²) in [6, 6.07) is 5.27. The minimum absolute atomic E-state index is 0.129. The highest BCUT2D eigenvalue weighted by atomic mass is 19.1. The number of benzene rings is 1. The predicted octanol–water partition coefficient (Wildman–Crippen LogP) is 1.10. The fourth-order valence-electron chi connectivity index (χ4n) is 1.94. The van der Waals surface area contributed by atoms with Crippen LogP contribution >= 0.6 is 0 Å². The van der Waals surface area contributed by atoms with Crippen LogP contribution in [0.4, 0.5) is 4.39 Å². The molecular weight excluding hydrogens is 237 g/mol. The van der Waals surface area contributed by atoms with Gasteiger partial charge in [-0.25, -0.2) is 4.39 Å². The average Bonchev–Trinajstić information content (AvgIpc) is 2.68. The minimum Gasteiger partial charge on any atom is -0.385 e. The molecule has 98 valence electrons. The zero-order chi connectivity index (χ0) is 13.2. The van der Waals surface area contributed by atoms with Gasteiger partial charge < -0.3 is 15.2 Å². The third-order valence-corrected chi connectivity index (χ3v) is 3.32. The molecule has 1 aromatic carbocycles. The molecule has 0 aliphatic carbocycles. The monoisotopic (exact) mass is 253 g/mol. The van der Waals surface area contributed by atoms with E-state index in [0.717, 1.165) is 0 Å². The number of amides is 1. The van der Waals surface area contributed by atoms with Crippen molar-refractivity contribution in [1.29, 1.82) is 0 Å². The number of ether oxygens (including phenoxy) is 1. The summed E-state index contributed by atoms with van der Waals surface area (Å²) in [4.78, 5) is 11.8. The maximum absolute atomic E-state index is 12.7. The Morgan fingerprint density at radius 2 is 2.22 bits per heavy atom. The SMILES string of the molecule is CC1OCCC1(O)CNC(=O)c1ccc(F)cc1. The maximum Gasteiger partial charge on any atom is 0.251 e. The van der Waals surface area contributed by atoms with E-state index in [2.05, 4.69) is 5.32 Å². The van der Waals surface area contributed by atoms with Gasteiger partial charge in [-0.1, -0.05) is 0 Å². The minimum atomic E-state index is -1.02. The fourth-order valence-corrected chi connectivity index (χ4v) is 1.94. The van der Waals surface area contributed by atoms with Crippen LogP contribution in [0.25, 0.3) is 0 Å². The van der Waals surface area contributed by atoms with Crippen LogP contribution in [-0.2, 0) is 4.74 Å². The average molecular weight is 253 g/mol. The third kappa shape index (κ3) is 2.68. The number of hydrogen-bond acceptors (Lipinski definition) is 3. The first-order chi connectivity index (χ1) is 8.51. The molecule has 0 aromatic heterocycles. The molecule has 1 amide bonds. The van der Waals surface area contributed by atoms with Crippen LogP contribution in [0.1, 0.15) is 23.7 Å². The molecule has 0 spiro atoms. The molecule has 1 fully saturated rings. The van der Waals surface area contributed by atoms with Gasteiger partial charge in [0.15, 0.2) is 0 Å². The number of aliphatic hydroxyl groups is 1. The van der Waals surface area contributed by atoms with Crippen molar-refractivity contribution in [2.75, 3.05) is 13.2 Å². The molecule has 2 atom stereocenters. The van der Waals surface area contributed by atoms with E-state index in [1.165, 1.54) is 24.3 Å². The molecule has 0 radical (unpaired) electrons. The number of carbonyl (C=O) groups excluding carboxylic acids is 1. The highest BCUT2D eigenvalue weighted by molar-refractivity contribution is 5.94. The van der Waals surface area contributed by atoms with Crippen LogP contribution in [0, 0.1) is 5.82 Å². The van der Waals surface area contributed by atoms with Gasteiger partial charge in [-0.2, -0.15) is 0 Å². The van der Waals surface area contributed by atoms with E-state index in [-0.39, 0.29) is 24.4 Å². The molecule has 18 heavy (non-hydrogen) atoms. The summed E-state index contributed by atoms with van der Waals surface area (Å²) in [7, 11) is 0. The molecule has 1 aliphatic rings. The van der Waals surface area contributed by atoms with E-state index in [0.29, 0.717) is 18.6 Å². The Morgan fingerprint density at radius 1 is 1.56 bits per heavy atom. The third-order valence-electron chi connectivity index (χ3n) is 3.32. The van der Waals surface area contributed by atoms with E-state index >= 15 is 0 Å². The van der Waals surface area contributed by atoms with Gasteiger partial charge in [-0.15, -0.1) is 0 Å². The van der Waals surface area contributed by atoms with Crippen molar-refractivity contribution in [1.82, 2.24) is 5.32 Å². The maximum atomic E-state index is 12.7. The van der Waals surface area contributed by atoms with Crippen molar-refractivity contribution in [2.45, 2.75) is 25.0 Å². The zero-order valence-corrected chi connectivity index (χ0v) is 10.1. The second kappa shape index (κ2) is 5.04. The van der Waals surface area contributed by atoms with Crippen LogP contribution in [0.5, 0.6) is 0 Å². The lowest BCUT2D eigenvalue weighted by atomic mass is 9.96. The van der Waals surface area contributed by atoms with E-state index in [1.807, 2.05) is 0 Å². The van der Waals surface area contributed by atoms with Gasteiger partial charge in [0.1, 0.15) is 11.4 Å². The van der Waals surface area contributed by atoms with Crippen LogP contribution in [-0.4, -0.2) is 35.9 Å². The van der Waals surface area contributed by atoms with E-state index in [1.54, 1.807) is 6.92 Å². The van der Waals surface area contributed by atoms with Crippen LogP contribution in [0.15, 0.2) is 24.3 Å². The number of rotatable bonds is 3. The molecule has 1 aliphatic heterocycles. The highest BCUT2D eigenvalue weighted by Gasteiger charge is 2.39. The van der Waals surface area contributed by atoms with Crippen molar-refractivity contribution >= 4 is 5.91 Å². The molecule has 0 saturated carbocycles. The van der Waals surface area contributed by atoms with Gasteiger partial charge >= 0.3 is 0 Å². The quantitative estimate of drug-likeness (QED) is 0.848. The summed E-state index contributed by atoms with van der Waals surface area (Å²) >= 11 is 0. The second-order valence-electron chi connectivity index (χ2n) is 4.56. The summed E-state index contributed by atoms with van der Waals surface area (Å²) in [5.74, 6) is -0.717. The topological polar surface area (TPSA) is 58.6 Å². The van der Waals surface area contributed by atoms with Gasteiger partial charge in [0, 0.05) is 25.1 Å². The highest BCUT2D eigenvalue weighted by Crippen LogP contribution is 2.24. The second-order valence-corrected chi connectivity index (χ2v) is 4.56. The molecule has 1 saturated heterocycles. The first-order valence-corrected chi connectivity index (χ1v) is 5.89. The van der Waals surface area contributed by atoms with Crippen molar-refractivity contribution in [3.05, 3.63) is 35.6 Å². The van der Waals surface area contributed by atoms with E-state index in [9.17, 15) is 14.3 Å². The van der Waals surface area contributed by atoms with Crippen molar-refractivity contribution < 1.29 is 19.0 Å². The van der Waals surface area contributed by atoms with Gasteiger partial charge in [-0.05, 0) is 31.2 Å². The summed E-state index contributed by atoms with van der Waals surface area (Å²) < 4.78 is 18.0. The van der Waals surface area contributed by atoms with Crippen molar-refractivity contribution in [2.24, 2.45) is 0 Å². The molecular formula is C13H16FNO3. The number of carbonyl (C=O) groups is 1. The summed E-state index contributed by atoms with van der Waals surface area (Å²) in [6.07, 6.45) is 0.198. The Hall–Kier alpha value is -1.46. The van der Waals surface area contributed by atoms with Crippen LogP contribution in [0.3, 0.4) is 0 Å². The van der Waals surface area contributed by atoms with Crippen LogP contribution < -0.4 is 5.32 Å². The lowest BCUT2D eigenvalue weighted by Crippen LogP contribution is -2.47. The molecule has 2 rings (SSSR count). The molecule has 2 N–H and O–H groups in total. The first-order valence-electron chi connectivity index (χ1n) is 5.89. The number of nitrogens with one attached hydrogen (secondary N) is 1. The van der Waals surface area contributed by atoms with Gasteiger partial charge in [0.05, 0.1) is 6.10 Å². The largest absolute Gasteiger partial charge is 0.385 e. The molecule has 1 heterocycles. The summed E-state index contributed by atoms with van der Waals surface area (Å²) in [5.41, 5.74) is -0.651. The Bertz CT molecular complexity index is 434. The lowest BCUT2D eigenvalue weighted by molar-refractivity contribution is -0.0251. The summed E-state index contributed by atoms with van der Waals surface area (Å²) in [5, 5.41) is 12.8. The fraction of sp³-hybridized carbons (Fsp3) is 0.462. The predicted molar refractivity (Wildman–Crippen MR) is 63.7 cm³/mol. The van der Waals surface area contributed by atoms with Gasteiger partial charge in [0.2, 0.25) is 0 Å². The zero-order valence-electron chi connectivity index (χ0n) is 10.1. The molecule has 0 bridgehead atoms. The standard InChI is InChI=1S/C13H16FNO3/c1-9-13(17,6-7-18-9)8-15-12(16)10-2-4-11(14)5-3-10/h2-5,9,17H,6-8H2,1H3,(H,15,16). The smallest absolute Gasteiger partial charge is 0.251 e. The number of halogens is 1. The van der Waals surface area contributed by atoms with E-state index in [4.69, 9.17) is 4.74 Å². The Labute approximate surface area is 105 Å². The Kier molecular flexibility index (Phi) is 3.63. The normalized spacial score (nSPS) is 27.2. The van der Waals surface area contributed by atoms with Gasteiger partial charge in [-0.3, -0.25) is 4.79 Å². The van der Waals surface area contributed by atoms with Crippen molar-refractivity contribution in [3.63, 3.8) is 0 Å². The molecule has 5 heteroatoms. The lowest BCUT2D eigenvalue weighted by Gasteiger charge is -2.26. The molecule has 2 unspecified atom stereocenters. The van der Waals surface area contributed by atoms with Gasteiger partial charge in [0.25, 0.3) is 5.91 Å². The number of hydrogen-bond donors (Lipinski definition) is 2. The Balaban J connectivity index is 1.94. The van der Waals surface area contributed by atoms with E-state index < -0.39 is 5.60 Å². The summed E-state index contributed by atoms with van der Waals surface area (Å²) in [6.45, 7) is 2.39.